The molecule has 0 amide bonds. The summed E-state index contributed by atoms with van der Waals surface area (Å²) >= 11 is 1.53. The van der Waals surface area contributed by atoms with Crippen LogP contribution in [0.25, 0.3) is 0 Å². The molecule has 2 aromatic rings. The van der Waals surface area contributed by atoms with Crippen LogP contribution in [-0.4, -0.2) is 25.3 Å². The molecule has 7 heteroatoms. The highest BCUT2D eigenvalue weighted by molar-refractivity contribution is 7.98. The summed E-state index contributed by atoms with van der Waals surface area (Å²) in [6, 6.07) is 0. The number of H-pyrrole nitrogens is 1. The van der Waals surface area contributed by atoms with Crippen molar-refractivity contribution in [2.24, 2.45) is 0 Å². The van der Waals surface area contributed by atoms with Crippen molar-refractivity contribution in [2.45, 2.75) is 55.9 Å². The number of nitrogens with one attached hydrogen (secondary N) is 1. The van der Waals surface area contributed by atoms with Gasteiger partial charge in [0.15, 0.2) is 5.82 Å². The first-order valence-electron chi connectivity index (χ1n) is 6.40. The second-order valence-corrected chi connectivity index (χ2v) is 6.77. The van der Waals surface area contributed by atoms with E-state index in [-0.39, 0.29) is 5.41 Å². The summed E-state index contributed by atoms with van der Waals surface area (Å²) in [6.45, 7) is 6.15. The van der Waals surface area contributed by atoms with Crippen molar-refractivity contribution in [1.82, 2.24) is 25.3 Å². The third-order valence-electron chi connectivity index (χ3n) is 2.89. The predicted octanol–water partition coefficient (Wildman–Crippen LogP) is 2.65. The summed E-state index contributed by atoms with van der Waals surface area (Å²) < 4.78 is 5.25. The average Bonchev–Trinajstić information content (AvgIpc) is 2.91. The summed E-state index contributed by atoms with van der Waals surface area (Å²) in [6.07, 6.45) is 2.44. The fourth-order valence-corrected chi connectivity index (χ4v) is 2.26. The van der Waals surface area contributed by atoms with Gasteiger partial charge >= 0.3 is 0 Å². The Bertz CT molecular complexity index is 567. The number of hydrogen-bond donors (Lipinski definition) is 1. The van der Waals surface area contributed by atoms with E-state index in [4.69, 9.17) is 4.52 Å². The van der Waals surface area contributed by atoms with Crippen molar-refractivity contribution in [3.63, 3.8) is 0 Å². The van der Waals surface area contributed by atoms with E-state index < -0.39 is 0 Å². The minimum atomic E-state index is -0.111. The second-order valence-electron chi connectivity index (χ2n) is 5.83. The summed E-state index contributed by atoms with van der Waals surface area (Å²) in [5.41, 5.74) is -0.111. The van der Waals surface area contributed by atoms with Crippen molar-refractivity contribution in [2.75, 3.05) is 0 Å². The Kier molecular flexibility index (Phi) is 3.08. The highest BCUT2D eigenvalue weighted by Crippen LogP contribution is 2.38. The molecule has 0 aliphatic heterocycles. The van der Waals surface area contributed by atoms with Crippen LogP contribution in [0.4, 0.5) is 0 Å². The molecule has 1 saturated carbocycles. The minimum Gasteiger partial charge on any atom is -0.339 e. The van der Waals surface area contributed by atoms with Gasteiger partial charge in [-0.25, -0.2) is 4.98 Å². The lowest BCUT2D eigenvalue weighted by atomic mass is 9.97. The van der Waals surface area contributed by atoms with Gasteiger partial charge in [0.1, 0.15) is 5.82 Å². The summed E-state index contributed by atoms with van der Waals surface area (Å²) in [5.74, 6) is 3.58. The molecule has 1 aliphatic rings. The Balaban J connectivity index is 1.60. The first kappa shape index (κ1) is 12.7. The van der Waals surface area contributed by atoms with Gasteiger partial charge in [0, 0.05) is 11.3 Å². The van der Waals surface area contributed by atoms with Gasteiger partial charge in [-0.2, -0.15) is 4.98 Å². The molecule has 0 saturated heterocycles. The van der Waals surface area contributed by atoms with E-state index in [1.807, 2.05) is 0 Å². The van der Waals surface area contributed by atoms with E-state index in [9.17, 15) is 0 Å². The fourth-order valence-electron chi connectivity index (χ4n) is 1.61. The van der Waals surface area contributed by atoms with Gasteiger partial charge in [-0.05, 0) is 12.8 Å². The van der Waals surface area contributed by atoms with Gasteiger partial charge in [-0.3, -0.25) is 5.10 Å². The molecule has 0 radical (unpaired) electrons. The number of rotatable bonds is 4. The highest BCUT2D eigenvalue weighted by atomic mass is 32.2. The quantitative estimate of drug-likeness (QED) is 0.867. The van der Waals surface area contributed by atoms with E-state index in [1.165, 1.54) is 24.6 Å². The average molecular weight is 279 g/mol. The van der Waals surface area contributed by atoms with Gasteiger partial charge in [-0.1, -0.05) is 37.7 Å². The number of aromatic amines is 1. The zero-order chi connectivity index (χ0) is 13.5. The number of hydrogen-bond acceptors (Lipinski definition) is 6. The molecule has 1 N–H and O–H groups in total. The number of aromatic nitrogens is 5. The molecule has 1 fully saturated rings. The van der Waals surface area contributed by atoms with Crippen LogP contribution in [-0.2, 0) is 11.2 Å². The monoisotopic (exact) mass is 279 g/mol. The maximum Gasteiger partial charge on any atom is 0.232 e. The van der Waals surface area contributed by atoms with Crippen LogP contribution in [0.3, 0.4) is 0 Å². The summed E-state index contributed by atoms with van der Waals surface area (Å²) in [7, 11) is 0. The van der Waals surface area contributed by atoms with Gasteiger partial charge in [0.2, 0.25) is 11.0 Å². The van der Waals surface area contributed by atoms with Crippen molar-refractivity contribution in [1.29, 1.82) is 0 Å². The zero-order valence-corrected chi connectivity index (χ0v) is 12.1. The minimum absolute atomic E-state index is 0.111. The molecule has 102 valence electrons. The molecule has 0 aromatic carbocycles. The summed E-state index contributed by atoms with van der Waals surface area (Å²) in [4.78, 5) is 8.84. The van der Waals surface area contributed by atoms with Crippen molar-refractivity contribution in [3.05, 3.63) is 17.5 Å². The molecule has 19 heavy (non-hydrogen) atoms. The Morgan fingerprint density at radius 1 is 1.32 bits per heavy atom. The zero-order valence-electron chi connectivity index (χ0n) is 11.3. The Morgan fingerprint density at radius 2 is 2.11 bits per heavy atom. The van der Waals surface area contributed by atoms with Crippen molar-refractivity contribution in [3.8, 4) is 0 Å². The third-order valence-corrected chi connectivity index (χ3v) is 3.73. The number of thioether (sulfide) groups is 1. The van der Waals surface area contributed by atoms with Gasteiger partial charge < -0.3 is 4.52 Å². The maximum atomic E-state index is 5.25. The molecule has 3 rings (SSSR count). The second kappa shape index (κ2) is 4.63. The van der Waals surface area contributed by atoms with Crippen LogP contribution in [0.2, 0.25) is 0 Å². The normalized spacial score (nSPS) is 15.9. The van der Waals surface area contributed by atoms with Crippen molar-refractivity contribution < 1.29 is 4.52 Å². The fraction of sp³-hybridized carbons (Fsp3) is 0.667. The first-order valence-corrected chi connectivity index (χ1v) is 7.39. The van der Waals surface area contributed by atoms with E-state index >= 15 is 0 Å². The highest BCUT2D eigenvalue weighted by Gasteiger charge is 2.27. The lowest BCUT2D eigenvalue weighted by molar-refractivity contribution is 0.319. The smallest absolute Gasteiger partial charge is 0.232 e. The molecule has 0 unspecified atom stereocenters. The van der Waals surface area contributed by atoms with Crippen molar-refractivity contribution >= 4 is 11.8 Å². The Hall–Kier alpha value is -1.37. The van der Waals surface area contributed by atoms with Gasteiger partial charge in [-0.15, -0.1) is 5.10 Å². The van der Waals surface area contributed by atoms with E-state index in [0.29, 0.717) is 23.4 Å². The molecule has 0 spiro atoms. The molecular formula is C12H17N5OS. The van der Waals surface area contributed by atoms with Crippen LogP contribution in [0.5, 0.6) is 0 Å². The summed E-state index contributed by atoms with van der Waals surface area (Å²) in [5, 5.41) is 11.9. The van der Waals surface area contributed by atoms with Crippen LogP contribution in [0.1, 0.15) is 57.1 Å². The van der Waals surface area contributed by atoms with Gasteiger partial charge in [0.05, 0.1) is 5.75 Å². The lowest BCUT2D eigenvalue weighted by Gasteiger charge is -2.10. The van der Waals surface area contributed by atoms with E-state index in [1.54, 1.807) is 0 Å². The molecule has 0 bridgehead atoms. The van der Waals surface area contributed by atoms with E-state index in [2.05, 4.69) is 46.1 Å². The molecule has 0 atom stereocenters. The standard InChI is InChI=1S/C12H17N5OS/c1-12(2,3)10-13-8(17-18-10)6-19-11-14-9(15-16-11)7-4-5-7/h7H,4-6H2,1-3H3,(H,14,15,16). The molecule has 1 aliphatic carbocycles. The van der Waals surface area contributed by atoms with Gasteiger partial charge in [0.25, 0.3) is 0 Å². The Morgan fingerprint density at radius 3 is 2.74 bits per heavy atom. The maximum absolute atomic E-state index is 5.25. The molecule has 2 aromatic heterocycles. The van der Waals surface area contributed by atoms with Crippen LogP contribution < -0.4 is 0 Å². The van der Waals surface area contributed by atoms with Crippen LogP contribution in [0.15, 0.2) is 9.68 Å². The predicted molar refractivity (Wildman–Crippen MR) is 70.9 cm³/mol. The first-order chi connectivity index (χ1) is 9.02. The molecule has 6 nitrogen and oxygen atoms in total. The topological polar surface area (TPSA) is 80.5 Å². The van der Waals surface area contributed by atoms with Crippen LogP contribution >= 0.6 is 11.8 Å². The SMILES string of the molecule is CC(C)(C)c1nc(CSc2n[nH]c(C3CC3)n2)no1. The molecule has 2 heterocycles. The lowest BCUT2D eigenvalue weighted by Crippen LogP contribution is -2.11. The van der Waals surface area contributed by atoms with E-state index in [0.717, 1.165) is 11.0 Å². The third kappa shape index (κ3) is 2.97. The molecular weight excluding hydrogens is 262 g/mol. The number of nitrogens with zero attached hydrogens (tertiary/aromatic N) is 4. The van der Waals surface area contributed by atoms with Crippen LogP contribution in [0, 0.1) is 0 Å². The Labute approximate surface area is 115 Å². The largest absolute Gasteiger partial charge is 0.339 e.